The number of ether oxygens (including phenoxy) is 2. The fourth-order valence-corrected chi connectivity index (χ4v) is 7.21. The average molecular weight is 700 g/mol. The molecule has 17 heteroatoms. The number of nitrogens with one attached hydrogen (secondary N) is 2. The van der Waals surface area contributed by atoms with Crippen molar-refractivity contribution in [1.82, 2.24) is 19.7 Å². The summed E-state index contributed by atoms with van der Waals surface area (Å²) < 4.78 is 38.5. The van der Waals surface area contributed by atoms with E-state index in [2.05, 4.69) is 20.5 Å². The number of nitriles is 1. The quantitative estimate of drug-likeness (QED) is 0.128. The molecule has 6 N–H and O–H groups in total. The molecule has 16 nitrogen and oxygen atoms in total. The van der Waals surface area contributed by atoms with Crippen LogP contribution in [0.4, 0.5) is 5.82 Å². The van der Waals surface area contributed by atoms with Gasteiger partial charge in [0.25, 0.3) is 0 Å². The van der Waals surface area contributed by atoms with Gasteiger partial charge in [-0.25, -0.2) is 14.1 Å². The van der Waals surface area contributed by atoms with Gasteiger partial charge in [-0.2, -0.15) is 15.4 Å². The van der Waals surface area contributed by atoms with E-state index in [-0.39, 0.29) is 29.3 Å². The van der Waals surface area contributed by atoms with Crippen LogP contribution in [0.25, 0.3) is 5.52 Å². The molecule has 7 atom stereocenters. The van der Waals surface area contributed by atoms with Gasteiger partial charge in [0.05, 0.1) is 11.7 Å². The Bertz CT molecular complexity index is 1710. The van der Waals surface area contributed by atoms with Crippen molar-refractivity contribution in [3.8, 4) is 11.8 Å². The van der Waals surface area contributed by atoms with Crippen molar-refractivity contribution in [1.29, 1.82) is 5.26 Å². The van der Waals surface area contributed by atoms with Gasteiger partial charge < -0.3 is 35.3 Å². The molecular weight excluding hydrogens is 657 g/mol. The maximum absolute atomic E-state index is 14.2. The Morgan fingerprint density at radius 1 is 1.16 bits per heavy atom. The summed E-state index contributed by atoms with van der Waals surface area (Å²) in [6.07, 6.45) is 0.515. The minimum Gasteiger partial charge on any atom is -0.461 e. The lowest BCUT2D eigenvalue weighted by Gasteiger charge is -2.29. The standard InChI is InChI=1S/C32H42N7O9P/c1-19(2)25(34)30(42)37-29-24-15-14-23(39(24)36-18-35-29)27-26(40)28(41)32(16-33,47-27)17-45-49(44,48-22-12-8-5-9-13-22)38-20(3)31(43)46-21-10-6-4-7-11-21/h5,8-9,12-15,18-21,25-28,40-41H,4,6-7,10-11,17,34H2,1-3H3,(H,38,44)(H,35,36,37,42)/t20-,25?,26-,27-,28-,32+,49?/m0/s1. The van der Waals surface area contributed by atoms with Crippen molar-refractivity contribution in [2.24, 2.45) is 11.7 Å². The Morgan fingerprint density at radius 2 is 1.88 bits per heavy atom. The number of carbonyl (C=O) groups is 2. The van der Waals surface area contributed by atoms with Crippen LogP contribution < -0.4 is 20.7 Å². The molecule has 2 fully saturated rings. The molecule has 0 spiro atoms. The highest BCUT2D eigenvalue weighted by Crippen LogP contribution is 2.48. The molecule has 2 aliphatic rings. The monoisotopic (exact) mass is 699 g/mol. The molecule has 3 heterocycles. The summed E-state index contributed by atoms with van der Waals surface area (Å²) in [5.41, 5.74) is 4.27. The first kappa shape index (κ1) is 36.3. The topological polar surface area (TPSA) is 233 Å². The third-order valence-corrected chi connectivity index (χ3v) is 10.3. The van der Waals surface area contributed by atoms with Crippen molar-refractivity contribution < 1.29 is 42.9 Å². The van der Waals surface area contributed by atoms with Crippen molar-refractivity contribution in [2.45, 2.75) is 95.0 Å². The summed E-state index contributed by atoms with van der Waals surface area (Å²) in [5.74, 6) is -0.962. The number of hydrogen-bond donors (Lipinski definition) is 5. The van der Waals surface area contributed by atoms with E-state index >= 15 is 0 Å². The summed E-state index contributed by atoms with van der Waals surface area (Å²) in [6, 6.07) is 11.1. The van der Waals surface area contributed by atoms with Crippen LogP contribution in [0.2, 0.25) is 0 Å². The number of rotatable bonds is 13. The largest absolute Gasteiger partial charge is 0.461 e. The lowest BCUT2D eigenvalue weighted by atomic mass is 9.96. The van der Waals surface area contributed by atoms with Gasteiger partial charge in [0.2, 0.25) is 11.5 Å². The highest BCUT2D eigenvalue weighted by molar-refractivity contribution is 7.52. The van der Waals surface area contributed by atoms with Crippen LogP contribution in [-0.4, -0.2) is 79.3 Å². The number of nitrogens with two attached hydrogens (primary N) is 1. The van der Waals surface area contributed by atoms with Crippen molar-refractivity contribution in [3.63, 3.8) is 0 Å². The molecule has 1 saturated carbocycles. The van der Waals surface area contributed by atoms with E-state index in [4.69, 9.17) is 24.3 Å². The molecule has 1 amide bonds. The van der Waals surface area contributed by atoms with E-state index in [0.717, 1.165) is 32.1 Å². The Hall–Kier alpha value is -3.94. The smallest absolute Gasteiger partial charge is 0.459 e. The number of nitrogens with zero attached hydrogens (tertiary/aromatic N) is 4. The number of fused-ring (bicyclic) bond motifs is 1. The minimum absolute atomic E-state index is 0.132. The van der Waals surface area contributed by atoms with Gasteiger partial charge in [0.15, 0.2) is 5.82 Å². The van der Waals surface area contributed by atoms with E-state index < -0.39 is 62.2 Å². The van der Waals surface area contributed by atoms with Gasteiger partial charge in [0.1, 0.15) is 60.7 Å². The van der Waals surface area contributed by atoms with Gasteiger partial charge in [-0.15, -0.1) is 0 Å². The normalized spacial score (nSPS) is 25.3. The summed E-state index contributed by atoms with van der Waals surface area (Å²) >= 11 is 0. The second kappa shape index (κ2) is 15.3. The van der Waals surface area contributed by atoms with E-state index in [0.29, 0.717) is 5.52 Å². The zero-order valence-electron chi connectivity index (χ0n) is 27.5. The van der Waals surface area contributed by atoms with Crippen molar-refractivity contribution in [3.05, 3.63) is 54.5 Å². The summed E-state index contributed by atoms with van der Waals surface area (Å²) in [6.45, 7) is 4.22. The van der Waals surface area contributed by atoms with Crippen LogP contribution in [0.3, 0.4) is 0 Å². The molecule has 0 radical (unpaired) electrons. The fraction of sp³-hybridized carbons (Fsp3) is 0.531. The highest BCUT2D eigenvalue weighted by atomic mass is 31.2. The number of benzene rings is 1. The maximum Gasteiger partial charge on any atom is 0.459 e. The van der Waals surface area contributed by atoms with E-state index in [1.54, 1.807) is 38.1 Å². The molecule has 49 heavy (non-hydrogen) atoms. The average Bonchev–Trinajstić information content (AvgIpc) is 3.63. The molecule has 1 aliphatic heterocycles. The molecule has 1 aliphatic carbocycles. The van der Waals surface area contributed by atoms with Gasteiger partial charge >= 0.3 is 13.7 Å². The number of anilines is 1. The highest BCUT2D eigenvalue weighted by Gasteiger charge is 2.57. The van der Waals surface area contributed by atoms with Gasteiger partial charge in [-0.1, -0.05) is 38.5 Å². The first-order valence-corrected chi connectivity index (χ1v) is 17.7. The van der Waals surface area contributed by atoms with Crippen molar-refractivity contribution >= 4 is 31.0 Å². The van der Waals surface area contributed by atoms with E-state index in [1.165, 1.54) is 36.0 Å². The lowest BCUT2D eigenvalue weighted by Crippen LogP contribution is -2.46. The molecule has 2 unspecified atom stereocenters. The molecule has 264 valence electrons. The predicted octanol–water partition coefficient (Wildman–Crippen LogP) is 2.76. The van der Waals surface area contributed by atoms with Crippen LogP contribution in [0.1, 0.15) is 64.7 Å². The number of amides is 1. The molecule has 2 aromatic heterocycles. The van der Waals surface area contributed by atoms with E-state index in [9.17, 15) is 29.6 Å². The Morgan fingerprint density at radius 3 is 2.55 bits per heavy atom. The SMILES string of the molecule is CC(C)C(N)C(=O)Nc1ncnn2c([C@@H]3O[C@](C#N)(COP(=O)(N[C@@H](C)C(=O)OC4CCCCC4)Oc4ccccc4)[C@@H](O)[C@H]3O)ccc12. The Balaban J connectivity index is 1.35. The van der Waals surface area contributed by atoms with Crippen LogP contribution in [0.5, 0.6) is 5.75 Å². The zero-order valence-corrected chi connectivity index (χ0v) is 28.4. The number of aromatic nitrogens is 3. The fourth-order valence-electron chi connectivity index (χ4n) is 5.69. The van der Waals surface area contributed by atoms with Crippen LogP contribution >= 0.6 is 7.75 Å². The number of esters is 1. The van der Waals surface area contributed by atoms with Crippen LogP contribution in [0.15, 0.2) is 48.8 Å². The van der Waals surface area contributed by atoms with Gasteiger partial charge in [-0.3, -0.25) is 14.1 Å². The Kier molecular flexibility index (Phi) is 11.4. The predicted molar refractivity (Wildman–Crippen MR) is 175 cm³/mol. The number of carbonyl (C=O) groups excluding carboxylic acids is 2. The third-order valence-electron chi connectivity index (χ3n) is 8.63. The first-order valence-electron chi connectivity index (χ1n) is 16.2. The second-order valence-corrected chi connectivity index (χ2v) is 14.3. The van der Waals surface area contributed by atoms with Crippen LogP contribution in [-0.2, 0) is 28.2 Å². The molecule has 3 aromatic rings. The molecule has 1 aromatic carbocycles. The third kappa shape index (κ3) is 8.11. The second-order valence-electron chi connectivity index (χ2n) is 12.6. The Labute approximate surface area is 283 Å². The zero-order chi connectivity index (χ0) is 35.3. The summed E-state index contributed by atoms with van der Waals surface area (Å²) in [4.78, 5) is 29.7. The molecule has 0 bridgehead atoms. The molecular formula is C32H42N7O9P. The van der Waals surface area contributed by atoms with Gasteiger partial charge in [0, 0.05) is 0 Å². The van der Waals surface area contributed by atoms with Crippen molar-refractivity contribution in [2.75, 3.05) is 11.9 Å². The molecule has 5 rings (SSSR count). The number of aliphatic hydroxyl groups is 2. The van der Waals surface area contributed by atoms with Gasteiger partial charge in [-0.05, 0) is 62.8 Å². The first-order chi connectivity index (χ1) is 23.4. The van der Waals surface area contributed by atoms with E-state index in [1.807, 2.05) is 6.07 Å². The molecule has 1 saturated heterocycles. The number of aliphatic hydroxyl groups excluding tert-OH is 2. The number of hydrogen-bond acceptors (Lipinski definition) is 13. The summed E-state index contributed by atoms with van der Waals surface area (Å²) in [5, 5.41) is 42.0. The lowest BCUT2D eigenvalue weighted by molar-refractivity contribution is -0.152. The number of para-hydroxylation sites is 1. The minimum atomic E-state index is -4.46. The maximum atomic E-state index is 14.2. The summed E-state index contributed by atoms with van der Waals surface area (Å²) in [7, 11) is -4.46. The van der Waals surface area contributed by atoms with Crippen LogP contribution in [0, 0.1) is 17.2 Å².